The van der Waals surface area contributed by atoms with E-state index in [-0.39, 0.29) is 5.97 Å². The first kappa shape index (κ1) is 9.77. The van der Waals surface area contributed by atoms with Gasteiger partial charge in [0, 0.05) is 12.0 Å². The highest BCUT2D eigenvalue weighted by Gasteiger charge is 2.16. The summed E-state index contributed by atoms with van der Waals surface area (Å²) in [5, 5.41) is 0. The number of carbonyl (C=O) groups is 1. The van der Waals surface area contributed by atoms with E-state index in [4.69, 9.17) is 9.47 Å². The minimum absolute atomic E-state index is 0.331. The molecule has 0 saturated carbocycles. The summed E-state index contributed by atoms with van der Waals surface area (Å²) in [5.74, 6) is 0.443. The summed E-state index contributed by atoms with van der Waals surface area (Å²) in [4.78, 5) is 11.5. The molecule has 1 heterocycles. The Kier molecular flexibility index (Phi) is 2.72. The molecule has 0 unspecified atom stereocenters. The second-order valence-corrected chi connectivity index (χ2v) is 3.24. The summed E-state index contributed by atoms with van der Waals surface area (Å²) in [6.45, 7) is 0.685. The van der Waals surface area contributed by atoms with E-state index in [1.165, 1.54) is 7.11 Å². The topological polar surface area (TPSA) is 35.5 Å². The van der Waals surface area contributed by atoms with E-state index in [1.54, 1.807) is 6.07 Å². The van der Waals surface area contributed by atoms with Crippen molar-refractivity contribution in [1.82, 2.24) is 0 Å². The van der Waals surface area contributed by atoms with Gasteiger partial charge in [0.25, 0.3) is 0 Å². The number of hydrogen-bond acceptors (Lipinski definition) is 3. The third-order valence-electron chi connectivity index (χ3n) is 2.30. The average molecular weight is 204 g/mol. The van der Waals surface area contributed by atoms with Gasteiger partial charge in [0.05, 0.1) is 19.3 Å². The summed E-state index contributed by atoms with van der Waals surface area (Å²) in [7, 11) is 1.38. The lowest BCUT2D eigenvalue weighted by molar-refractivity contribution is 0.0600. The fraction of sp³-hybridized carbons (Fsp3) is 0.250. The SMILES string of the molecule is COC(=O)c1ccccc1C1=CCCO1. The fourth-order valence-electron chi connectivity index (χ4n) is 1.59. The molecule has 0 amide bonds. The highest BCUT2D eigenvalue weighted by Crippen LogP contribution is 2.25. The van der Waals surface area contributed by atoms with Crippen LogP contribution < -0.4 is 0 Å². The summed E-state index contributed by atoms with van der Waals surface area (Å²) in [6.07, 6.45) is 2.88. The van der Waals surface area contributed by atoms with Crippen LogP contribution in [0.1, 0.15) is 22.3 Å². The molecule has 0 fully saturated rings. The van der Waals surface area contributed by atoms with Crippen molar-refractivity contribution in [3.8, 4) is 0 Å². The number of carbonyl (C=O) groups excluding carboxylic acids is 1. The Morgan fingerprint density at radius 3 is 2.87 bits per heavy atom. The molecule has 0 N–H and O–H groups in total. The number of esters is 1. The highest BCUT2D eigenvalue weighted by atomic mass is 16.5. The lowest BCUT2D eigenvalue weighted by Crippen LogP contribution is -2.05. The molecule has 0 bridgehead atoms. The van der Waals surface area contributed by atoms with Crippen molar-refractivity contribution in [2.75, 3.05) is 13.7 Å². The van der Waals surface area contributed by atoms with Crippen LogP contribution >= 0.6 is 0 Å². The van der Waals surface area contributed by atoms with Crippen molar-refractivity contribution in [3.05, 3.63) is 41.5 Å². The van der Waals surface area contributed by atoms with Gasteiger partial charge in [-0.1, -0.05) is 18.2 Å². The van der Waals surface area contributed by atoms with Gasteiger partial charge in [-0.3, -0.25) is 0 Å². The maximum atomic E-state index is 11.5. The molecule has 1 aromatic carbocycles. The van der Waals surface area contributed by atoms with Crippen LogP contribution in [0.25, 0.3) is 5.76 Å². The maximum absolute atomic E-state index is 11.5. The third-order valence-corrected chi connectivity index (χ3v) is 2.30. The molecule has 1 aliphatic heterocycles. The Morgan fingerprint density at radius 1 is 1.40 bits per heavy atom. The zero-order valence-corrected chi connectivity index (χ0v) is 8.53. The Labute approximate surface area is 88.3 Å². The zero-order valence-electron chi connectivity index (χ0n) is 8.53. The standard InChI is InChI=1S/C12H12O3/c1-14-12(13)10-6-3-2-5-9(10)11-7-4-8-15-11/h2-3,5-7H,4,8H2,1H3. The van der Waals surface area contributed by atoms with E-state index in [0.717, 1.165) is 17.7 Å². The van der Waals surface area contributed by atoms with Crippen molar-refractivity contribution >= 4 is 11.7 Å². The Balaban J connectivity index is 2.41. The monoisotopic (exact) mass is 204 g/mol. The van der Waals surface area contributed by atoms with Gasteiger partial charge in [-0.05, 0) is 12.1 Å². The molecule has 1 aromatic rings. The van der Waals surface area contributed by atoms with E-state index >= 15 is 0 Å². The zero-order chi connectivity index (χ0) is 10.7. The van der Waals surface area contributed by atoms with E-state index in [0.29, 0.717) is 12.2 Å². The fourth-order valence-corrected chi connectivity index (χ4v) is 1.59. The molecule has 78 valence electrons. The minimum Gasteiger partial charge on any atom is -0.493 e. The van der Waals surface area contributed by atoms with Crippen LogP contribution in [0.15, 0.2) is 30.3 Å². The van der Waals surface area contributed by atoms with Crippen molar-refractivity contribution in [2.45, 2.75) is 6.42 Å². The van der Waals surface area contributed by atoms with Crippen LogP contribution in [0.4, 0.5) is 0 Å². The molecular weight excluding hydrogens is 192 g/mol. The molecule has 3 nitrogen and oxygen atoms in total. The van der Waals surface area contributed by atoms with Gasteiger partial charge in [0.15, 0.2) is 0 Å². The Morgan fingerprint density at radius 2 is 2.20 bits per heavy atom. The van der Waals surface area contributed by atoms with Crippen LogP contribution in [-0.4, -0.2) is 19.7 Å². The molecule has 0 aromatic heterocycles. The van der Waals surface area contributed by atoms with Crippen LogP contribution in [-0.2, 0) is 9.47 Å². The lowest BCUT2D eigenvalue weighted by Gasteiger charge is -2.08. The van der Waals surface area contributed by atoms with Gasteiger partial charge in [-0.15, -0.1) is 0 Å². The number of benzene rings is 1. The maximum Gasteiger partial charge on any atom is 0.338 e. The smallest absolute Gasteiger partial charge is 0.338 e. The van der Waals surface area contributed by atoms with Gasteiger partial charge in [-0.25, -0.2) is 4.79 Å². The third kappa shape index (κ3) is 1.86. The molecular formula is C12H12O3. The first-order valence-corrected chi connectivity index (χ1v) is 4.83. The second-order valence-electron chi connectivity index (χ2n) is 3.24. The Hall–Kier alpha value is -1.77. The largest absolute Gasteiger partial charge is 0.493 e. The first-order chi connectivity index (χ1) is 7.33. The second kappa shape index (κ2) is 4.17. The van der Waals surface area contributed by atoms with Crippen LogP contribution in [0.5, 0.6) is 0 Å². The molecule has 15 heavy (non-hydrogen) atoms. The number of hydrogen-bond donors (Lipinski definition) is 0. The quantitative estimate of drug-likeness (QED) is 0.693. The predicted octanol–water partition coefficient (Wildman–Crippen LogP) is 2.23. The summed E-state index contributed by atoms with van der Waals surface area (Å²) in [5.41, 5.74) is 1.36. The molecule has 2 rings (SSSR count). The van der Waals surface area contributed by atoms with Gasteiger partial charge in [0.1, 0.15) is 5.76 Å². The molecule has 0 saturated heterocycles. The van der Waals surface area contributed by atoms with Crippen LogP contribution in [0, 0.1) is 0 Å². The van der Waals surface area contributed by atoms with E-state index in [1.807, 2.05) is 24.3 Å². The molecule has 0 aliphatic carbocycles. The average Bonchev–Trinajstić information content (AvgIpc) is 2.81. The van der Waals surface area contributed by atoms with Crippen molar-refractivity contribution in [2.24, 2.45) is 0 Å². The Bertz CT molecular complexity index is 407. The van der Waals surface area contributed by atoms with E-state index in [9.17, 15) is 4.79 Å². The van der Waals surface area contributed by atoms with Crippen LogP contribution in [0.3, 0.4) is 0 Å². The van der Waals surface area contributed by atoms with Gasteiger partial charge in [-0.2, -0.15) is 0 Å². The summed E-state index contributed by atoms with van der Waals surface area (Å²) < 4.78 is 10.1. The molecule has 3 heteroatoms. The van der Waals surface area contributed by atoms with Crippen molar-refractivity contribution in [1.29, 1.82) is 0 Å². The van der Waals surface area contributed by atoms with Gasteiger partial charge < -0.3 is 9.47 Å². The molecule has 1 aliphatic rings. The lowest BCUT2D eigenvalue weighted by atomic mass is 10.1. The van der Waals surface area contributed by atoms with Crippen molar-refractivity contribution < 1.29 is 14.3 Å². The number of ether oxygens (including phenoxy) is 2. The highest BCUT2D eigenvalue weighted by molar-refractivity contribution is 5.94. The molecule has 0 atom stereocenters. The minimum atomic E-state index is -0.331. The molecule has 0 radical (unpaired) electrons. The summed E-state index contributed by atoms with van der Waals surface area (Å²) >= 11 is 0. The normalized spacial score (nSPS) is 14.3. The van der Waals surface area contributed by atoms with E-state index in [2.05, 4.69) is 0 Å². The first-order valence-electron chi connectivity index (χ1n) is 4.83. The van der Waals surface area contributed by atoms with Crippen molar-refractivity contribution in [3.63, 3.8) is 0 Å². The van der Waals surface area contributed by atoms with Crippen LogP contribution in [0.2, 0.25) is 0 Å². The molecule has 0 spiro atoms. The van der Waals surface area contributed by atoms with E-state index < -0.39 is 0 Å². The predicted molar refractivity (Wildman–Crippen MR) is 56.3 cm³/mol. The number of rotatable bonds is 2. The van der Waals surface area contributed by atoms with Gasteiger partial charge >= 0.3 is 5.97 Å². The summed E-state index contributed by atoms with van der Waals surface area (Å²) in [6, 6.07) is 7.29. The number of methoxy groups -OCH3 is 1. The van der Waals surface area contributed by atoms with Gasteiger partial charge in [0.2, 0.25) is 0 Å².